The van der Waals surface area contributed by atoms with Crippen LogP contribution in [0.2, 0.25) is 0 Å². The Balaban J connectivity index is 4.38. The fraction of sp³-hybridized carbons (Fsp3) is 1.00. The molecule has 0 saturated heterocycles. The number of rotatable bonds is 29. The highest BCUT2D eigenvalue weighted by molar-refractivity contribution is 7.75. The Morgan fingerprint density at radius 2 is 0.559 bits per heavy atom. The van der Waals surface area contributed by atoms with E-state index < -0.39 is 7.26 Å². The molecule has 1 N–H and O–H groups in total. The third-order valence-electron chi connectivity index (χ3n) is 8.03. The van der Waals surface area contributed by atoms with Gasteiger partial charge in [0.2, 0.25) is 0 Å². The van der Waals surface area contributed by atoms with Crippen molar-refractivity contribution in [2.75, 3.05) is 31.3 Å². The van der Waals surface area contributed by atoms with Crippen molar-refractivity contribution in [3.63, 3.8) is 0 Å². The van der Waals surface area contributed by atoms with E-state index >= 15 is 0 Å². The molecule has 0 heterocycles. The molecule has 206 valence electrons. The van der Waals surface area contributed by atoms with Gasteiger partial charge < -0.3 is 5.11 Å². The summed E-state index contributed by atoms with van der Waals surface area (Å²) in [4.78, 5) is 0. The standard InChI is InChI=1S/C32H68OP/c1-4-7-10-13-16-19-22-25-29-34(32-28-33,30-26-23-20-17-14-11-8-5-2)31-27-24-21-18-15-12-9-6-3/h33H,4-32H2,1-3H3/q+1. The maximum atomic E-state index is 10.00. The van der Waals surface area contributed by atoms with Crippen molar-refractivity contribution < 1.29 is 5.11 Å². The zero-order valence-electron chi connectivity index (χ0n) is 24.4. The lowest BCUT2D eigenvalue weighted by Gasteiger charge is -2.28. The van der Waals surface area contributed by atoms with Crippen molar-refractivity contribution in [2.45, 2.75) is 175 Å². The summed E-state index contributed by atoms with van der Waals surface area (Å²) in [5, 5.41) is 10.00. The zero-order chi connectivity index (χ0) is 25.0. The second-order valence-corrected chi connectivity index (χ2v) is 15.9. The molecular formula is C32H68OP+. The van der Waals surface area contributed by atoms with Crippen LogP contribution in [0.25, 0.3) is 0 Å². The highest BCUT2D eigenvalue weighted by Gasteiger charge is 2.34. The molecule has 0 fully saturated rings. The first-order valence-corrected chi connectivity index (χ1v) is 18.7. The van der Waals surface area contributed by atoms with Gasteiger partial charge in [0.15, 0.2) is 0 Å². The van der Waals surface area contributed by atoms with Gasteiger partial charge in [-0.25, -0.2) is 0 Å². The highest BCUT2D eigenvalue weighted by atomic mass is 31.2. The molecule has 0 radical (unpaired) electrons. The van der Waals surface area contributed by atoms with E-state index in [0.29, 0.717) is 6.61 Å². The first-order valence-electron chi connectivity index (χ1n) is 16.2. The molecule has 0 rings (SSSR count). The van der Waals surface area contributed by atoms with Gasteiger partial charge in [-0.1, -0.05) is 136 Å². The summed E-state index contributed by atoms with van der Waals surface area (Å²) in [5.41, 5.74) is 0. The molecule has 0 aromatic heterocycles. The van der Waals surface area contributed by atoms with Crippen molar-refractivity contribution >= 4 is 7.26 Å². The van der Waals surface area contributed by atoms with Crippen LogP contribution >= 0.6 is 7.26 Å². The lowest BCUT2D eigenvalue weighted by Crippen LogP contribution is -2.15. The molecule has 0 aliphatic carbocycles. The predicted octanol–water partition coefficient (Wildman–Crippen LogP) is 11.4. The van der Waals surface area contributed by atoms with Crippen LogP contribution in [0.1, 0.15) is 175 Å². The van der Waals surface area contributed by atoms with Crippen molar-refractivity contribution in [3.05, 3.63) is 0 Å². The van der Waals surface area contributed by atoms with Gasteiger partial charge in [0.25, 0.3) is 0 Å². The Labute approximate surface area is 218 Å². The number of aliphatic hydroxyl groups excluding tert-OH is 1. The largest absolute Gasteiger partial charge is 0.393 e. The number of hydrogen-bond donors (Lipinski definition) is 1. The van der Waals surface area contributed by atoms with E-state index in [2.05, 4.69) is 20.8 Å². The highest BCUT2D eigenvalue weighted by Crippen LogP contribution is 2.60. The first-order chi connectivity index (χ1) is 16.7. The third kappa shape index (κ3) is 22.8. The summed E-state index contributed by atoms with van der Waals surface area (Å²) in [6, 6.07) is 0. The smallest absolute Gasteiger partial charge is 0.0825 e. The fourth-order valence-corrected chi connectivity index (χ4v) is 10.1. The van der Waals surface area contributed by atoms with Crippen LogP contribution in [0.5, 0.6) is 0 Å². The molecule has 0 aliphatic rings. The van der Waals surface area contributed by atoms with Crippen molar-refractivity contribution in [1.29, 1.82) is 0 Å². The number of hydrogen-bond acceptors (Lipinski definition) is 1. The maximum absolute atomic E-state index is 10.00. The molecule has 0 aromatic rings. The van der Waals surface area contributed by atoms with E-state index in [0.717, 1.165) is 6.16 Å². The van der Waals surface area contributed by atoms with E-state index in [1.807, 2.05) is 0 Å². The SMILES string of the molecule is CCCCCCCCCC[P+](CCO)(CCCCCCCCCC)CCCCCCCCCC. The Bertz CT molecular complexity index is 320. The van der Waals surface area contributed by atoms with Gasteiger partial charge in [-0.15, -0.1) is 0 Å². The average molecular weight is 500 g/mol. The van der Waals surface area contributed by atoms with Crippen molar-refractivity contribution in [1.82, 2.24) is 0 Å². The summed E-state index contributed by atoms with van der Waals surface area (Å²) in [7, 11) is -0.945. The molecular weight excluding hydrogens is 431 g/mol. The van der Waals surface area contributed by atoms with Crippen LogP contribution < -0.4 is 0 Å². The molecule has 0 spiro atoms. The van der Waals surface area contributed by atoms with E-state index in [9.17, 15) is 5.11 Å². The second kappa shape index (κ2) is 28.0. The van der Waals surface area contributed by atoms with Crippen molar-refractivity contribution in [2.24, 2.45) is 0 Å². The molecule has 0 unspecified atom stereocenters. The fourth-order valence-electron chi connectivity index (χ4n) is 5.63. The zero-order valence-corrected chi connectivity index (χ0v) is 25.3. The summed E-state index contributed by atoms with van der Waals surface area (Å²) >= 11 is 0. The molecule has 1 nitrogen and oxygen atoms in total. The minimum Gasteiger partial charge on any atom is -0.393 e. The lowest BCUT2D eigenvalue weighted by molar-refractivity contribution is 0.320. The van der Waals surface area contributed by atoms with Crippen LogP contribution in [0, 0.1) is 0 Å². The van der Waals surface area contributed by atoms with Crippen LogP contribution in [0.15, 0.2) is 0 Å². The van der Waals surface area contributed by atoms with Crippen LogP contribution in [-0.2, 0) is 0 Å². The van der Waals surface area contributed by atoms with E-state index in [1.165, 1.54) is 173 Å². The first kappa shape index (κ1) is 34.4. The maximum Gasteiger partial charge on any atom is 0.0825 e. The third-order valence-corrected chi connectivity index (χ3v) is 13.0. The number of aliphatic hydroxyl groups is 1. The monoisotopic (exact) mass is 500 g/mol. The van der Waals surface area contributed by atoms with Crippen LogP contribution in [0.4, 0.5) is 0 Å². The minimum absolute atomic E-state index is 0.443. The Morgan fingerprint density at radius 1 is 0.324 bits per heavy atom. The quantitative estimate of drug-likeness (QED) is 0.0801. The van der Waals surface area contributed by atoms with Gasteiger partial charge in [0, 0.05) is 7.26 Å². The van der Waals surface area contributed by atoms with Crippen LogP contribution in [-0.4, -0.2) is 36.4 Å². The van der Waals surface area contributed by atoms with Gasteiger partial charge in [-0.05, 0) is 38.5 Å². The molecule has 0 aromatic carbocycles. The van der Waals surface area contributed by atoms with Crippen LogP contribution in [0.3, 0.4) is 0 Å². The summed E-state index contributed by atoms with van der Waals surface area (Å²) in [6.07, 6.45) is 39.9. The van der Waals surface area contributed by atoms with Crippen molar-refractivity contribution in [3.8, 4) is 0 Å². The summed E-state index contributed by atoms with van der Waals surface area (Å²) < 4.78 is 0. The van der Waals surface area contributed by atoms with Gasteiger partial charge >= 0.3 is 0 Å². The summed E-state index contributed by atoms with van der Waals surface area (Å²) in [6.45, 7) is 7.37. The normalized spacial score (nSPS) is 12.0. The van der Waals surface area contributed by atoms with E-state index in [4.69, 9.17) is 0 Å². The molecule has 2 heteroatoms. The minimum atomic E-state index is -0.945. The number of unbranched alkanes of at least 4 members (excludes halogenated alkanes) is 21. The lowest BCUT2D eigenvalue weighted by atomic mass is 10.1. The predicted molar refractivity (Wildman–Crippen MR) is 161 cm³/mol. The molecule has 0 aliphatic heterocycles. The molecule has 0 bridgehead atoms. The van der Waals surface area contributed by atoms with Gasteiger partial charge in [-0.3, -0.25) is 0 Å². The van der Waals surface area contributed by atoms with Gasteiger partial charge in [-0.2, -0.15) is 0 Å². The van der Waals surface area contributed by atoms with E-state index in [1.54, 1.807) is 0 Å². The van der Waals surface area contributed by atoms with E-state index in [-0.39, 0.29) is 0 Å². The molecule has 0 amide bonds. The Kier molecular flexibility index (Phi) is 28.3. The van der Waals surface area contributed by atoms with Gasteiger partial charge in [0.1, 0.15) is 0 Å². The molecule has 0 atom stereocenters. The Morgan fingerprint density at radius 3 is 0.794 bits per heavy atom. The summed E-state index contributed by atoms with van der Waals surface area (Å²) in [5.74, 6) is 0. The average Bonchev–Trinajstić information content (AvgIpc) is 2.84. The topological polar surface area (TPSA) is 20.2 Å². The van der Waals surface area contributed by atoms with Gasteiger partial charge in [0.05, 0.1) is 31.3 Å². The molecule has 34 heavy (non-hydrogen) atoms. The Hall–Kier alpha value is 0.390. The second-order valence-electron chi connectivity index (χ2n) is 11.4. The molecule has 0 saturated carbocycles.